The van der Waals surface area contributed by atoms with Gasteiger partial charge in [-0.1, -0.05) is 48.0 Å². The lowest BCUT2D eigenvalue weighted by Crippen LogP contribution is -2.34. The minimum absolute atomic E-state index is 0.0141. The first-order chi connectivity index (χ1) is 15.7. The number of hydrogen-bond acceptors (Lipinski definition) is 5. The summed E-state index contributed by atoms with van der Waals surface area (Å²) in [5.74, 6) is 0.547. The number of β-amino-alcohol motifs (C(OH)–C–C–N with tert-alkyl or cyclic N) is 1. The molecule has 5 rings (SSSR count). The van der Waals surface area contributed by atoms with E-state index in [9.17, 15) is 13.5 Å². The summed E-state index contributed by atoms with van der Waals surface area (Å²) in [5.41, 5.74) is 0.605. The lowest BCUT2D eigenvalue weighted by Gasteiger charge is -2.25. The van der Waals surface area contributed by atoms with Crippen LogP contribution in [0.5, 0.6) is 0 Å². The molecule has 0 aliphatic carbocycles. The quantitative estimate of drug-likeness (QED) is 0.459. The van der Waals surface area contributed by atoms with Crippen molar-refractivity contribution in [2.75, 3.05) is 11.4 Å². The van der Waals surface area contributed by atoms with Crippen molar-refractivity contribution >= 4 is 43.9 Å². The first kappa shape index (κ1) is 21.6. The molecule has 1 atom stereocenters. The number of nitrogens with two attached hydrogens (primary N) is 1. The van der Waals surface area contributed by atoms with Crippen LogP contribution in [0.2, 0.25) is 5.02 Å². The van der Waals surface area contributed by atoms with Gasteiger partial charge < -0.3 is 10.0 Å². The predicted octanol–water partition coefficient (Wildman–Crippen LogP) is 4.25. The van der Waals surface area contributed by atoms with Crippen molar-refractivity contribution in [1.82, 2.24) is 0 Å². The van der Waals surface area contributed by atoms with E-state index in [1.165, 1.54) is 12.1 Å². The van der Waals surface area contributed by atoms with E-state index in [-0.39, 0.29) is 11.4 Å². The molecule has 3 N–H and O–H groups in total. The van der Waals surface area contributed by atoms with Crippen LogP contribution in [0.15, 0.2) is 101 Å². The molecule has 0 spiro atoms. The van der Waals surface area contributed by atoms with Crippen molar-refractivity contribution in [2.45, 2.75) is 10.6 Å². The summed E-state index contributed by atoms with van der Waals surface area (Å²) in [6.07, 6.45) is 0. The molecule has 0 saturated carbocycles. The van der Waals surface area contributed by atoms with Gasteiger partial charge in [0.1, 0.15) is 5.84 Å². The van der Waals surface area contributed by atoms with Gasteiger partial charge >= 0.3 is 0 Å². The van der Waals surface area contributed by atoms with Gasteiger partial charge in [-0.25, -0.2) is 18.5 Å². The van der Waals surface area contributed by atoms with E-state index in [0.29, 0.717) is 22.1 Å². The van der Waals surface area contributed by atoms with Crippen molar-refractivity contribution in [3.05, 3.63) is 107 Å². The number of halogens is 1. The normalized spacial score (nSPS) is 18.5. The Morgan fingerprint density at radius 2 is 1.58 bits per heavy atom. The van der Waals surface area contributed by atoms with E-state index in [2.05, 4.69) is 0 Å². The number of rotatable bonds is 4. The average Bonchev–Trinajstić information content (AvgIpc) is 3.17. The van der Waals surface area contributed by atoms with Crippen LogP contribution in [0.3, 0.4) is 0 Å². The summed E-state index contributed by atoms with van der Waals surface area (Å²) in [4.78, 5) is 6.60. The maximum atomic E-state index is 11.7. The average molecular weight is 478 g/mol. The number of primary sulfonamides is 1. The Kier molecular flexibility index (Phi) is 5.22. The molecule has 0 saturated heterocycles. The molecule has 166 valence electrons. The smallest absolute Gasteiger partial charge is 0.238 e. The Hall–Kier alpha value is -3.23. The van der Waals surface area contributed by atoms with E-state index in [4.69, 9.17) is 21.7 Å². The molecule has 1 aliphatic rings. The monoisotopic (exact) mass is 477 g/mol. The van der Waals surface area contributed by atoms with Crippen molar-refractivity contribution in [3.63, 3.8) is 0 Å². The minimum Gasteiger partial charge on any atom is -0.364 e. The van der Waals surface area contributed by atoms with E-state index in [0.717, 1.165) is 16.3 Å². The zero-order valence-electron chi connectivity index (χ0n) is 17.4. The molecule has 0 radical (unpaired) electrons. The number of benzene rings is 4. The van der Waals surface area contributed by atoms with Gasteiger partial charge in [0.25, 0.3) is 0 Å². The molecule has 6 nitrogen and oxygen atoms in total. The largest absolute Gasteiger partial charge is 0.364 e. The van der Waals surface area contributed by atoms with Crippen LogP contribution in [0.1, 0.15) is 11.1 Å². The molecule has 0 bridgehead atoms. The number of hydrogen-bond donors (Lipinski definition) is 2. The van der Waals surface area contributed by atoms with E-state index in [1.807, 2.05) is 59.5 Å². The van der Waals surface area contributed by atoms with Crippen LogP contribution in [0.25, 0.3) is 10.8 Å². The Bertz CT molecular complexity index is 1490. The summed E-state index contributed by atoms with van der Waals surface area (Å²) in [7, 11) is -3.81. The Morgan fingerprint density at radius 3 is 2.24 bits per heavy atom. The fourth-order valence-electron chi connectivity index (χ4n) is 4.01. The standard InChI is InChI=1S/C25H20ClN3O3S/c26-21-9-6-18(7-10-21)24-28-25(30,20-8-5-17-3-1-2-4-19(17)15-20)16-29(24)22-11-13-23(14-12-22)33(27,31)32/h1-15,30H,16H2,(H2,27,31,32). The molecule has 1 aliphatic heterocycles. The maximum Gasteiger partial charge on any atom is 0.238 e. The van der Waals surface area contributed by atoms with Gasteiger partial charge in [-0.15, -0.1) is 0 Å². The summed E-state index contributed by atoms with van der Waals surface area (Å²) < 4.78 is 23.3. The highest BCUT2D eigenvalue weighted by molar-refractivity contribution is 7.89. The van der Waals surface area contributed by atoms with Crippen molar-refractivity contribution < 1.29 is 13.5 Å². The Labute approximate surface area is 196 Å². The van der Waals surface area contributed by atoms with Crippen molar-refractivity contribution in [3.8, 4) is 0 Å². The van der Waals surface area contributed by atoms with Crippen LogP contribution in [-0.4, -0.2) is 25.9 Å². The zero-order chi connectivity index (χ0) is 23.2. The number of sulfonamides is 1. The first-order valence-corrected chi connectivity index (χ1v) is 12.1. The van der Waals surface area contributed by atoms with Gasteiger partial charge in [-0.05, 0) is 65.4 Å². The van der Waals surface area contributed by atoms with Gasteiger partial charge in [0.15, 0.2) is 0 Å². The van der Waals surface area contributed by atoms with Gasteiger partial charge in [-0.2, -0.15) is 0 Å². The fourth-order valence-corrected chi connectivity index (χ4v) is 4.65. The molecule has 4 aromatic carbocycles. The third-order valence-electron chi connectivity index (χ3n) is 5.72. The molecular formula is C25H20ClN3O3S. The highest BCUT2D eigenvalue weighted by atomic mass is 35.5. The summed E-state index contributed by atoms with van der Waals surface area (Å²) in [6, 6.07) is 27.1. The third-order valence-corrected chi connectivity index (χ3v) is 6.90. The van der Waals surface area contributed by atoms with Crippen LogP contribution in [-0.2, 0) is 15.7 Å². The lowest BCUT2D eigenvalue weighted by atomic mass is 9.99. The number of nitrogens with zero attached hydrogens (tertiary/aromatic N) is 2. The zero-order valence-corrected chi connectivity index (χ0v) is 19.0. The second kappa shape index (κ2) is 7.97. The number of fused-ring (bicyclic) bond motifs is 1. The maximum absolute atomic E-state index is 11.7. The first-order valence-electron chi connectivity index (χ1n) is 10.2. The summed E-state index contributed by atoms with van der Waals surface area (Å²) >= 11 is 6.07. The Morgan fingerprint density at radius 1 is 0.909 bits per heavy atom. The number of aliphatic imine (C=N–C) groups is 1. The predicted molar refractivity (Wildman–Crippen MR) is 131 cm³/mol. The molecule has 1 heterocycles. The number of anilines is 1. The topological polar surface area (TPSA) is 96.0 Å². The summed E-state index contributed by atoms with van der Waals surface area (Å²) in [6.45, 7) is 0.151. The number of amidine groups is 1. The highest BCUT2D eigenvalue weighted by Crippen LogP contribution is 2.36. The van der Waals surface area contributed by atoms with Crippen LogP contribution in [0.4, 0.5) is 5.69 Å². The van der Waals surface area contributed by atoms with Crippen molar-refractivity contribution in [2.24, 2.45) is 10.1 Å². The molecule has 33 heavy (non-hydrogen) atoms. The fraction of sp³-hybridized carbons (Fsp3) is 0.0800. The van der Waals surface area contributed by atoms with Gasteiger partial charge in [0.2, 0.25) is 15.7 Å². The molecular weight excluding hydrogens is 458 g/mol. The van der Waals surface area contributed by atoms with Crippen LogP contribution < -0.4 is 10.0 Å². The third kappa shape index (κ3) is 4.12. The summed E-state index contributed by atoms with van der Waals surface area (Å²) in [5, 5.41) is 19.6. The minimum atomic E-state index is -3.81. The molecule has 8 heteroatoms. The highest BCUT2D eigenvalue weighted by Gasteiger charge is 2.40. The van der Waals surface area contributed by atoms with Gasteiger partial charge in [0.05, 0.1) is 11.4 Å². The molecule has 4 aromatic rings. The number of aliphatic hydroxyl groups is 1. The lowest BCUT2D eigenvalue weighted by molar-refractivity contribution is 0.0649. The molecule has 0 aromatic heterocycles. The second-order valence-corrected chi connectivity index (χ2v) is 9.94. The van der Waals surface area contributed by atoms with E-state index >= 15 is 0 Å². The van der Waals surface area contributed by atoms with E-state index in [1.54, 1.807) is 24.3 Å². The van der Waals surface area contributed by atoms with Crippen molar-refractivity contribution in [1.29, 1.82) is 0 Å². The molecule has 0 fully saturated rings. The Balaban J connectivity index is 1.61. The molecule has 0 amide bonds. The van der Waals surface area contributed by atoms with Crippen LogP contribution >= 0.6 is 11.6 Å². The van der Waals surface area contributed by atoms with Gasteiger partial charge in [0, 0.05) is 21.8 Å². The van der Waals surface area contributed by atoms with Crippen LogP contribution in [0, 0.1) is 0 Å². The van der Waals surface area contributed by atoms with Gasteiger partial charge in [-0.3, -0.25) is 0 Å². The molecule has 1 unspecified atom stereocenters. The second-order valence-electron chi connectivity index (χ2n) is 7.95. The van der Waals surface area contributed by atoms with E-state index < -0.39 is 15.7 Å². The SMILES string of the molecule is NS(=O)(=O)c1ccc(N2CC(O)(c3ccc4ccccc4c3)N=C2c2ccc(Cl)cc2)cc1.